The summed E-state index contributed by atoms with van der Waals surface area (Å²) in [6.07, 6.45) is 0.439. The Morgan fingerprint density at radius 2 is 1.83 bits per heavy atom. The smallest absolute Gasteiger partial charge is 0.311 e. The monoisotopic (exact) mass is 323 g/mol. The van der Waals surface area contributed by atoms with Crippen LogP contribution in [0.3, 0.4) is 0 Å². The van der Waals surface area contributed by atoms with E-state index in [4.69, 9.17) is 4.74 Å². The van der Waals surface area contributed by atoms with Crippen LogP contribution in [0, 0.1) is 11.3 Å². The average molecular weight is 323 g/mol. The highest BCUT2D eigenvalue weighted by Crippen LogP contribution is 2.15. The number of esters is 1. The van der Waals surface area contributed by atoms with Crippen LogP contribution in [0.25, 0.3) is 0 Å². The maximum absolute atomic E-state index is 12.1. The van der Waals surface area contributed by atoms with Gasteiger partial charge in [0.25, 0.3) is 0 Å². The minimum absolute atomic E-state index is 0.0855. The van der Waals surface area contributed by atoms with Crippen LogP contribution in [0.2, 0.25) is 0 Å². The number of nitrogens with one attached hydrogen (secondary N) is 1. The number of carbonyl (C=O) groups excluding carboxylic acids is 2. The molecule has 0 spiro atoms. The van der Waals surface area contributed by atoms with Crippen molar-refractivity contribution >= 4 is 11.9 Å². The summed E-state index contributed by atoms with van der Waals surface area (Å²) < 4.78 is 5.06. The molecular weight excluding hydrogens is 298 g/mol. The highest BCUT2D eigenvalue weighted by molar-refractivity contribution is 5.83. The lowest BCUT2D eigenvalue weighted by molar-refractivity contribution is -0.148. The van der Waals surface area contributed by atoms with Crippen LogP contribution in [0.4, 0.5) is 0 Å². The topological polar surface area (TPSA) is 95.9 Å². The number of rotatable bonds is 9. The maximum atomic E-state index is 12.1. The van der Waals surface area contributed by atoms with Gasteiger partial charge in [-0.3, -0.25) is 9.59 Å². The van der Waals surface area contributed by atoms with E-state index in [0.29, 0.717) is 6.42 Å². The van der Waals surface area contributed by atoms with E-state index in [0.717, 1.165) is 5.56 Å². The Morgan fingerprint density at radius 1 is 1.22 bits per heavy atom. The number of hydrogen-bond donors (Lipinski definition) is 3. The molecule has 1 aromatic carbocycles. The molecule has 0 aliphatic heterocycles. The van der Waals surface area contributed by atoms with Gasteiger partial charge in [-0.15, -0.1) is 0 Å². The summed E-state index contributed by atoms with van der Waals surface area (Å²) in [6, 6.07) is 9.45. The van der Waals surface area contributed by atoms with Gasteiger partial charge in [0.1, 0.15) is 0 Å². The third-order valence-corrected chi connectivity index (χ3v) is 3.70. The Morgan fingerprint density at radius 3 is 2.35 bits per heavy atom. The Balaban J connectivity index is 2.74. The van der Waals surface area contributed by atoms with Crippen molar-refractivity contribution in [3.63, 3.8) is 0 Å². The zero-order valence-electron chi connectivity index (χ0n) is 13.6. The van der Waals surface area contributed by atoms with E-state index in [1.807, 2.05) is 30.3 Å². The van der Waals surface area contributed by atoms with Gasteiger partial charge >= 0.3 is 5.97 Å². The molecule has 23 heavy (non-hydrogen) atoms. The standard InChI is InChI=1S/C17H25NO5/c1-3-23-15(21)14(9-13-7-5-4-6-8-13)10-18-16(22)17(2,11-19)12-20/h4-8,14,19-20H,3,9-12H2,1-2H3,(H,18,22)/t14-/m1/s1. The molecule has 0 unspecified atom stereocenters. The van der Waals surface area contributed by atoms with Gasteiger partial charge in [0.2, 0.25) is 5.91 Å². The first-order chi connectivity index (χ1) is 11.0. The Kier molecular flexibility index (Phi) is 7.71. The third-order valence-electron chi connectivity index (χ3n) is 3.70. The molecule has 3 N–H and O–H groups in total. The molecule has 1 atom stereocenters. The van der Waals surface area contributed by atoms with Crippen LogP contribution < -0.4 is 5.32 Å². The summed E-state index contributed by atoms with van der Waals surface area (Å²) in [5.41, 5.74) is -0.307. The molecule has 1 rings (SSSR count). The van der Waals surface area contributed by atoms with Gasteiger partial charge < -0.3 is 20.3 Å². The number of carbonyl (C=O) groups is 2. The first-order valence-electron chi connectivity index (χ1n) is 7.67. The zero-order valence-corrected chi connectivity index (χ0v) is 13.6. The molecule has 0 radical (unpaired) electrons. The van der Waals surface area contributed by atoms with Crippen LogP contribution in [0.15, 0.2) is 30.3 Å². The van der Waals surface area contributed by atoms with E-state index < -0.39 is 30.5 Å². The molecule has 0 aliphatic rings. The van der Waals surface area contributed by atoms with Gasteiger partial charge in [-0.1, -0.05) is 30.3 Å². The predicted octanol–water partition coefficient (Wildman–Crippen LogP) is 0.516. The van der Waals surface area contributed by atoms with Crippen molar-refractivity contribution in [3.8, 4) is 0 Å². The lowest BCUT2D eigenvalue weighted by Crippen LogP contribution is -2.46. The first-order valence-corrected chi connectivity index (χ1v) is 7.67. The van der Waals surface area contributed by atoms with Crippen LogP contribution in [-0.4, -0.2) is 48.5 Å². The normalized spacial score (nSPS) is 12.5. The molecule has 0 aromatic heterocycles. The molecular formula is C17H25NO5. The minimum Gasteiger partial charge on any atom is -0.466 e. The quantitative estimate of drug-likeness (QED) is 0.576. The van der Waals surface area contributed by atoms with Crippen molar-refractivity contribution in [2.75, 3.05) is 26.4 Å². The number of benzene rings is 1. The van der Waals surface area contributed by atoms with Crippen molar-refractivity contribution in [1.29, 1.82) is 0 Å². The van der Waals surface area contributed by atoms with Crippen LogP contribution in [-0.2, 0) is 20.7 Å². The second-order valence-corrected chi connectivity index (χ2v) is 5.73. The van der Waals surface area contributed by atoms with E-state index in [9.17, 15) is 19.8 Å². The average Bonchev–Trinajstić information content (AvgIpc) is 2.58. The van der Waals surface area contributed by atoms with Crippen LogP contribution >= 0.6 is 0 Å². The van der Waals surface area contributed by atoms with Crippen molar-refractivity contribution in [2.45, 2.75) is 20.3 Å². The lowest BCUT2D eigenvalue weighted by atomic mass is 9.91. The highest BCUT2D eigenvalue weighted by atomic mass is 16.5. The molecule has 1 amide bonds. The summed E-state index contributed by atoms with van der Waals surface area (Å²) in [4.78, 5) is 24.2. The van der Waals surface area contributed by atoms with Gasteiger partial charge in [0.15, 0.2) is 0 Å². The second-order valence-electron chi connectivity index (χ2n) is 5.73. The van der Waals surface area contributed by atoms with E-state index in [2.05, 4.69) is 5.32 Å². The van der Waals surface area contributed by atoms with Crippen molar-refractivity contribution < 1.29 is 24.5 Å². The fourth-order valence-electron chi connectivity index (χ4n) is 2.02. The number of aliphatic hydroxyl groups excluding tert-OH is 2. The Bertz CT molecular complexity index is 499. The SMILES string of the molecule is CCOC(=O)[C@@H](CNC(=O)C(C)(CO)CO)Cc1ccccc1. The molecule has 0 saturated carbocycles. The maximum Gasteiger partial charge on any atom is 0.311 e. The Hall–Kier alpha value is -1.92. The number of amides is 1. The molecule has 0 fully saturated rings. The lowest BCUT2D eigenvalue weighted by Gasteiger charge is -2.25. The third kappa shape index (κ3) is 5.65. The summed E-state index contributed by atoms with van der Waals surface area (Å²) in [5.74, 6) is -1.40. The second kappa shape index (κ2) is 9.27. The van der Waals surface area contributed by atoms with Gasteiger partial charge in [-0.2, -0.15) is 0 Å². The minimum atomic E-state index is -1.27. The fraction of sp³-hybridized carbons (Fsp3) is 0.529. The van der Waals surface area contributed by atoms with E-state index >= 15 is 0 Å². The molecule has 128 valence electrons. The molecule has 0 bridgehead atoms. The number of aliphatic hydroxyl groups is 2. The van der Waals surface area contributed by atoms with Crippen molar-refractivity contribution in [3.05, 3.63) is 35.9 Å². The zero-order chi connectivity index (χ0) is 17.3. The molecule has 1 aromatic rings. The van der Waals surface area contributed by atoms with Gasteiger partial charge in [-0.25, -0.2) is 0 Å². The number of ether oxygens (including phenoxy) is 1. The summed E-state index contributed by atoms with van der Waals surface area (Å²) in [5, 5.41) is 21.1. The Labute approximate surface area is 136 Å². The summed E-state index contributed by atoms with van der Waals surface area (Å²) >= 11 is 0. The van der Waals surface area contributed by atoms with E-state index in [1.165, 1.54) is 6.92 Å². The number of hydrogen-bond acceptors (Lipinski definition) is 5. The van der Waals surface area contributed by atoms with Gasteiger partial charge in [0, 0.05) is 6.54 Å². The van der Waals surface area contributed by atoms with E-state index in [-0.39, 0.29) is 19.1 Å². The molecule has 0 heterocycles. The van der Waals surface area contributed by atoms with Crippen molar-refractivity contribution in [2.24, 2.45) is 11.3 Å². The van der Waals surface area contributed by atoms with E-state index in [1.54, 1.807) is 6.92 Å². The summed E-state index contributed by atoms with van der Waals surface area (Å²) in [7, 11) is 0. The fourth-order valence-corrected chi connectivity index (χ4v) is 2.02. The largest absolute Gasteiger partial charge is 0.466 e. The van der Waals surface area contributed by atoms with Crippen LogP contribution in [0.5, 0.6) is 0 Å². The van der Waals surface area contributed by atoms with Crippen molar-refractivity contribution in [1.82, 2.24) is 5.32 Å². The van der Waals surface area contributed by atoms with Gasteiger partial charge in [-0.05, 0) is 25.8 Å². The molecule has 0 saturated heterocycles. The summed E-state index contributed by atoms with van der Waals surface area (Å²) in [6.45, 7) is 2.59. The predicted molar refractivity (Wildman–Crippen MR) is 85.6 cm³/mol. The molecule has 6 nitrogen and oxygen atoms in total. The first kappa shape index (κ1) is 19.1. The molecule has 6 heteroatoms. The van der Waals surface area contributed by atoms with Crippen LogP contribution in [0.1, 0.15) is 19.4 Å². The highest BCUT2D eigenvalue weighted by Gasteiger charge is 2.32. The van der Waals surface area contributed by atoms with Gasteiger partial charge in [0.05, 0.1) is 31.2 Å². The molecule has 0 aliphatic carbocycles.